The summed E-state index contributed by atoms with van der Waals surface area (Å²) in [7, 11) is 3.04. The molecule has 3 aromatic rings. The summed E-state index contributed by atoms with van der Waals surface area (Å²) >= 11 is 13.2. The maximum absolute atomic E-state index is 12.1. The molecule has 1 aliphatic rings. The van der Waals surface area contributed by atoms with Crippen LogP contribution in [0.3, 0.4) is 0 Å². The lowest BCUT2D eigenvalue weighted by molar-refractivity contribution is -0.125. The summed E-state index contributed by atoms with van der Waals surface area (Å²) in [5.74, 6) is 0.679. The maximum Gasteiger partial charge on any atom is 0.246 e. The predicted molar refractivity (Wildman–Crippen MR) is 144 cm³/mol. The number of anilines is 1. The molecule has 0 aliphatic carbocycles. The van der Waals surface area contributed by atoms with E-state index in [9.17, 15) is 9.59 Å². The highest BCUT2D eigenvalue weighted by molar-refractivity contribution is 6.41. The average Bonchev–Trinajstić information content (AvgIpc) is 3.30. The smallest absolute Gasteiger partial charge is 0.246 e. The number of rotatable bonds is 8. The van der Waals surface area contributed by atoms with Crippen molar-refractivity contribution in [2.24, 2.45) is 0 Å². The molecule has 1 fully saturated rings. The lowest BCUT2D eigenvalue weighted by atomic mass is 10.0. The number of likely N-dealkylation sites (tertiary alicyclic amines) is 1. The van der Waals surface area contributed by atoms with Crippen LogP contribution in [0.15, 0.2) is 55.8 Å². The highest BCUT2D eigenvalue weighted by atomic mass is 35.5. The van der Waals surface area contributed by atoms with Crippen molar-refractivity contribution < 1.29 is 19.1 Å². The van der Waals surface area contributed by atoms with Gasteiger partial charge in [-0.15, -0.1) is 0 Å². The lowest BCUT2D eigenvalue weighted by Gasteiger charge is -2.20. The van der Waals surface area contributed by atoms with Crippen LogP contribution in [0, 0.1) is 0 Å². The molecule has 2 aromatic carbocycles. The van der Waals surface area contributed by atoms with Gasteiger partial charge in [0.25, 0.3) is 0 Å². The SMILES string of the molecule is C=CC(=O)N[C@H]1CN(C(=O)C=C)C[C@H]1Nc1ncc2cc(-c3c(Cl)c(OC)cc(OC)c3Cl)ccc2n1. The minimum absolute atomic E-state index is 0.222. The van der Waals surface area contributed by atoms with Crippen molar-refractivity contribution in [1.29, 1.82) is 0 Å². The second-order valence-electron chi connectivity index (χ2n) is 8.27. The molecule has 0 saturated carbocycles. The Kier molecular flexibility index (Phi) is 7.85. The summed E-state index contributed by atoms with van der Waals surface area (Å²) in [4.78, 5) is 34.7. The topological polar surface area (TPSA) is 106 Å². The fraction of sp³-hybridized carbons (Fsp3) is 0.231. The first-order valence-corrected chi connectivity index (χ1v) is 12.0. The number of ether oxygens (including phenoxy) is 2. The summed E-state index contributed by atoms with van der Waals surface area (Å²) in [6.45, 7) is 7.70. The molecular weight excluding hydrogens is 517 g/mol. The van der Waals surface area contributed by atoms with Crippen molar-refractivity contribution in [3.63, 3.8) is 0 Å². The Labute approximate surface area is 224 Å². The van der Waals surface area contributed by atoms with Crippen LogP contribution in [0.2, 0.25) is 10.0 Å². The van der Waals surface area contributed by atoms with E-state index in [0.29, 0.717) is 51.7 Å². The van der Waals surface area contributed by atoms with Crippen LogP contribution in [0.1, 0.15) is 0 Å². The molecule has 1 saturated heterocycles. The van der Waals surface area contributed by atoms with E-state index in [0.717, 1.165) is 10.9 Å². The third-order valence-electron chi connectivity index (χ3n) is 6.08. The minimum Gasteiger partial charge on any atom is -0.495 e. The molecule has 37 heavy (non-hydrogen) atoms. The Morgan fingerprint density at radius 2 is 1.73 bits per heavy atom. The number of methoxy groups -OCH3 is 2. The van der Waals surface area contributed by atoms with E-state index in [1.165, 1.54) is 26.4 Å². The Morgan fingerprint density at radius 3 is 2.35 bits per heavy atom. The molecule has 0 bridgehead atoms. The number of aromatic nitrogens is 2. The Morgan fingerprint density at radius 1 is 1.05 bits per heavy atom. The van der Waals surface area contributed by atoms with Gasteiger partial charge in [0.2, 0.25) is 17.8 Å². The lowest BCUT2D eigenvalue weighted by Crippen LogP contribution is -2.45. The third kappa shape index (κ3) is 5.33. The maximum atomic E-state index is 12.1. The van der Waals surface area contributed by atoms with Crippen LogP contribution < -0.4 is 20.1 Å². The number of hydrogen-bond donors (Lipinski definition) is 2. The largest absolute Gasteiger partial charge is 0.495 e. The van der Waals surface area contributed by atoms with Gasteiger partial charge in [-0.05, 0) is 29.8 Å². The normalized spacial score (nSPS) is 16.8. The fourth-order valence-electron chi connectivity index (χ4n) is 4.21. The van der Waals surface area contributed by atoms with Crippen LogP contribution in [0.4, 0.5) is 5.95 Å². The molecule has 192 valence electrons. The molecule has 2 heterocycles. The van der Waals surface area contributed by atoms with Crippen molar-refractivity contribution in [3.05, 3.63) is 65.8 Å². The van der Waals surface area contributed by atoms with E-state index in [4.69, 9.17) is 32.7 Å². The molecule has 0 spiro atoms. The van der Waals surface area contributed by atoms with Crippen molar-refractivity contribution in [1.82, 2.24) is 20.2 Å². The van der Waals surface area contributed by atoms with Gasteiger partial charge < -0.3 is 25.0 Å². The molecule has 2 amide bonds. The summed E-state index contributed by atoms with van der Waals surface area (Å²) in [5, 5.41) is 7.57. The van der Waals surface area contributed by atoms with Crippen molar-refractivity contribution in [2.45, 2.75) is 12.1 Å². The van der Waals surface area contributed by atoms with E-state index in [-0.39, 0.29) is 23.9 Å². The molecule has 2 N–H and O–H groups in total. The first kappa shape index (κ1) is 26.2. The van der Waals surface area contributed by atoms with E-state index < -0.39 is 0 Å². The van der Waals surface area contributed by atoms with Crippen LogP contribution in [-0.4, -0.2) is 66.1 Å². The number of nitrogens with zero attached hydrogens (tertiary/aromatic N) is 3. The van der Waals surface area contributed by atoms with Gasteiger partial charge in [0.15, 0.2) is 0 Å². The Hall–Kier alpha value is -3.82. The summed E-state index contributed by atoms with van der Waals surface area (Å²) < 4.78 is 10.8. The standard InChI is InChI=1S/C26H25Cl2N5O4/c1-5-21(34)30-17-12-33(22(35)6-2)13-18(17)32-26-29-11-15-9-14(7-8-16(15)31-26)23-24(27)19(36-3)10-20(37-4)25(23)28/h5-11,17-18H,1-2,12-13H2,3-4H3,(H,30,34)(H,29,31,32)/t17-,18+/m0/s1. The van der Waals surface area contributed by atoms with Crippen LogP contribution >= 0.6 is 23.2 Å². The summed E-state index contributed by atoms with van der Waals surface area (Å²) in [5.41, 5.74) is 1.99. The number of fused-ring (bicyclic) bond motifs is 1. The van der Waals surface area contributed by atoms with E-state index in [1.54, 1.807) is 17.2 Å². The molecule has 1 aromatic heterocycles. The summed E-state index contributed by atoms with van der Waals surface area (Å²) in [6.07, 6.45) is 4.11. The fourth-order valence-corrected chi connectivity index (χ4v) is 4.93. The number of carbonyl (C=O) groups excluding carboxylic acids is 2. The molecule has 9 nitrogen and oxygen atoms in total. The van der Waals surface area contributed by atoms with E-state index >= 15 is 0 Å². The van der Waals surface area contributed by atoms with E-state index in [2.05, 4.69) is 33.8 Å². The summed E-state index contributed by atoms with van der Waals surface area (Å²) in [6, 6.07) is 6.51. The highest BCUT2D eigenvalue weighted by Gasteiger charge is 2.35. The number of halogens is 2. The molecule has 4 rings (SSSR count). The highest BCUT2D eigenvalue weighted by Crippen LogP contribution is 2.46. The molecule has 0 unspecified atom stereocenters. The predicted octanol–water partition coefficient (Wildman–Crippen LogP) is 4.10. The zero-order valence-electron chi connectivity index (χ0n) is 20.3. The quantitative estimate of drug-likeness (QED) is 0.413. The Bertz CT molecular complexity index is 1370. The average molecular weight is 542 g/mol. The van der Waals surface area contributed by atoms with Gasteiger partial charge in [0.05, 0.1) is 41.9 Å². The second-order valence-corrected chi connectivity index (χ2v) is 9.02. The van der Waals surface area contributed by atoms with Gasteiger partial charge in [0, 0.05) is 36.3 Å². The van der Waals surface area contributed by atoms with Gasteiger partial charge in [-0.3, -0.25) is 9.59 Å². The van der Waals surface area contributed by atoms with Crippen molar-refractivity contribution >= 4 is 51.9 Å². The minimum atomic E-state index is -0.358. The first-order chi connectivity index (χ1) is 17.8. The number of carbonyl (C=O) groups is 2. The third-order valence-corrected chi connectivity index (χ3v) is 6.83. The number of hydrogen-bond acceptors (Lipinski definition) is 7. The van der Waals surface area contributed by atoms with Crippen LogP contribution in [0.25, 0.3) is 22.0 Å². The van der Waals surface area contributed by atoms with Crippen LogP contribution in [0.5, 0.6) is 11.5 Å². The number of amides is 2. The second kappa shape index (κ2) is 11.1. The van der Waals surface area contributed by atoms with Gasteiger partial charge >= 0.3 is 0 Å². The number of nitrogens with one attached hydrogen (secondary N) is 2. The monoisotopic (exact) mass is 541 g/mol. The van der Waals surface area contributed by atoms with Gasteiger partial charge in [-0.1, -0.05) is 42.4 Å². The van der Waals surface area contributed by atoms with E-state index in [1.807, 2.05) is 18.2 Å². The molecule has 0 radical (unpaired) electrons. The molecular formula is C26H25Cl2N5O4. The molecule has 11 heteroatoms. The van der Waals surface area contributed by atoms with Crippen molar-refractivity contribution in [3.8, 4) is 22.6 Å². The first-order valence-electron chi connectivity index (χ1n) is 11.3. The Balaban J connectivity index is 1.63. The van der Waals surface area contributed by atoms with Crippen molar-refractivity contribution in [2.75, 3.05) is 32.6 Å². The van der Waals surface area contributed by atoms with Gasteiger partial charge in [-0.2, -0.15) is 0 Å². The zero-order valence-corrected chi connectivity index (χ0v) is 21.8. The van der Waals surface area contributed by atoms with Gasteiger partial charge in [0.1, 0.15) is 11.5 Å². The zero-order chi connectivity index (χ0) is 26.7. The molecule has 2 atom stereocenters. The molecule has 1 aliphatic heterocycles. The van der Waals surface area contributed by atoms with Crippen LogP contribution in [-0.2, 0) is 9.59 Å². The van der Waals surface area contributed by atoms with Gasteiger partial charge in [-0.25, -0.2) is 9.97 Å². The number of benzene rings is 2.